The highest BCUT2D eigenvalue weighted by Gasteiger charge is 2.13. The monoisotopic (exact) mass is 386 g/mol. The zero-order chi connectivity index (χ0) is 20.5. The lowest BCUT2D eigenvalue weighted by Crippen LogP contribution is -2.27. The van der Waals surface area contributed by atoms with Crippen LogP contribution in [0.25, 0.3) is 0 Å². The second kappa shape index (κ2) is 16.4. The Hall–Kier alpha value is -1.77. The lowest BCUT2D eigenvalue weighted by Gasteiger charge is -2.09. The Morgan fingerprint density at radius 1 is 0.926 bits per heavy atom. The van der Waals surface area contributed by atoms with Gasteiger partial charge in [-0.15, -0.1) is 0 Å². The molecule has 0 atom stereocenters. The van der Waals surface area contributed by atoms with Crippen molar-refractivity contribution in [2.75, 3.05) is 52.7 Å². The number of allylic oxidation sites excluding steroid dienone is 1. The number of nitrogens with one attached hydrogen (secondary N) is 2. The Morgan fingerprint density at radius 2 is 1.48 bits per heavy atom. The summed E-state index contributed by atoms with van der Waals surface area (Å²) in [4.78, 5) is 34.1. The van der Waals surface area contributed by atoms with Gasteiger partial charge in [0, 0.05) is 38.6 Å². The van der Waals surface area contributed by atoms with Gasteiger partial charge in [0.15, 0.2) is 0 Å². The molecule has 0 aromatic carbocycles. The Balaban J connectivity index is 3.56. The quantitative estimate of drug-likeness (QED) is 0.203. The van der Waals surface area contributed by atoms with Crippen LogP contribution in [0.2, 0.25) is 0 Å². The van der Waals surface area contributed by atoms with Gasteiger partial charge in [-0.1, -0.05) is 13.8 Å². The van der Waals surface area contributed by atoms with E-state index in [1.54, 1.807) is 0 Å². The first-order chi connectivity index (χ1) is 12.9. The van der Waals surface area contributed by atoms with Gasteiger partial charge in [0.25, 0.3) is 0 Å². The normalized spacial score (nSPS) is 11.5. The van der Waals surface area contributed by atoms with E-state index in [4.69, 9.17) is 14.2 Å². The van der Waals surface area contributed by atoms with Crippen molar-refractivity contribution in [1.29, 1.82) is 0 Å². The highest BCUT2D eigenvalue weighted by molar-refractivity contribution is 6.42. The molecule has 0 amide bonds. The molecule has 0 spiro atoms. The van der Waals surface area contributed by atoms with E-state index in [-0.39, 0.29) is 17.4 Å². The van der Waals surface area contributed by atoms with Crippen molar-refractivity contribution < 1.29 is 28.6 Å². The van der Waals surface area contributed by atoms with Crippen LogP contribution in [0.15, 0.2) is 11.9 Å². The zero-order valence-electron chi connectivity index (χ0n) is 17.0. The van der Waals surface area contributed by atoms with Crippen LogP contribution in [0, 0.1) is 5.92 Å². The average molecular weight is 386 g/mol. The number of Topliss-reactive ketones (excluding diaryl/α,β-unsaturated/α-hetero) is 3. The molecule has 27 heavy (non-hydrogen) atoms. The summed E-state index contributed by atoms with van der Waals surface area (Å²) in [6, 6.07) is 0. The van der Waals surface area contributed by atoms with Gasteiger partial charge in [-0.05, 0) is 6.92 Å². The third-order valence-corrected chi connectivity index (χ3v) is 3.45. The van der Waals surface area contributed by atoms with Gasteiger partial charge in [0.05, 0.1) is 39.6 Å². The molecule has 0 bridgehead atoms. The van der Waals surface area contributed by atoms with E-state index in [1.165, 1.54) is 13.1 Å². The molecule has 0 rings (SSSR count). The molecular formula is C19H34N2O6. The maximum atomic E-state index is 11.6. The van der Waals surface area contributed by atoms with Gasteiger partial charge < -0.3 is 24.8 Å². The molecule has 0 aromatic rings. The number of hydrogen-bond donors (Lipinski definition) is 2. The smallest absolute Gasteiger partial charge is 0.245 e. The predicted molar refractivity (Wildman–Crippen MR) is 102 cm³/mol. The van der Waals surface area contributed by atoms with Gasteiger partial charge in [-0.25, -0.2) is 0 Å². The van der Waals surface area contributed by atoms with Crippen molar-refractivity contribution in [3.05, 3.63) is 11.9 Å². The second-order valence-corrected chi connectivity index (χ2v) is 6.14. The Bertz CT molecular complexity index is 477. The molecule has 8 nitrogen and oxygen atoms in total. The first kappa shape index (κ1) is 25.2. The number of carbonyl (C=O) groups excluding carboxylic acids is 3. The Morgan fingerprint density at radius 3 is 2.00 bits per heavy atom. The summed E-state index contributed by atoms with van der Waals surface area (Å²) in [6.07, 6.45) is 1.93. The number of carbonyl (C=O) groups is 3. The van der Waals surface area contributed by atoms with Crippen molar-refractivity contribution in [2.24, 2.45) is 5.92 Å². The summed E-state index contributed by atoms with van der Waals surface area (Å²) in [5.41, 5.74) is 0.253. The molecule has 0 aromatic heterocycles. The van der Waals surface area contributed by atoms with Crippen LogP contribution in [0.1, 0.15) is 34.1 Å². The molecule has 0 saturated carbocycles. The van der Waals surface area contributed by atoms with Gasteiger partial charge in [0.2, 0.25) is 11.6 Å². The van der Waals surface area contributed by atoms with Crippen LogP contribution >= 0.6 is 0 Å². The summed E-state index contributed by atoms with van der Waals surface area (Å²) >= 11 is 0. The van der Waals surface area contributed by atoms with E-state index >= 15 is 0 Å². The molecule has 0 radical (unpaired) electrons. The van der Waals surface area contributed by atoms with Crippen molar-refractivity contribution in [3.63, 3.8) is 0 Å². The van der Waals surface area contributed by atoms with Crippen LogP contribution in [-0.4, -0.2) is 70.1 Å². The number of ether oxygens (including phenoxy) is 3. The predicted octanol–water partition coefficient (Wildman–Crippen LogP) is 0.850. The Labute approximate surface area is 162 Å². The third kappa shape index (κ3) is 14.0. The lowest BCUT2D eigenvalue weighted by molar-refractivity contribution is -0.133. The summed E-state index contributed by atoms with van der Waals surface area (Å²) in [6.45, 7) is 10.6. The topological polar surface area (TPSA) is 103 Å². The molecule has 0 aliphatic heterocycles. The fraction of sp³-hybridized carbons (Fsp3) is 0.737. The minimum Gasteiger partial charge on any atom is -0.387 e. The van der Waals surface area contributed by atoms with E-state index in [9.17, 15) is 14.4 Å². The molecule has 0 unspecified atom stereocenters. The maximum Gasteiger partial charge on any atom is 0.245 e. The summed E-state index contributed by atoms with van der Waals surface area (Å²) in [5.74, 6) is -0.797. The number of ketones is 3. The second-order valence-electron chi connectivity index (χ2n) is 6.14. The Kier molecular flexibility index (Phi) is 15.3. The van der Waals surface area contributed by atoms with Gasteiger partial charge in [-0.3, -0.25) is 14.4 Å². The average Bonchev–Trinajstić information content (AvgIpc) is 2.63. The standard InChI is InChI=1S/C19H34N2O6/c1-5-21-17(19(24)16(4)22)14-20-7-9-26-11-13-27-12-10-25-8-6-18(23)15(2)3/h14-15,20-21H,5-13H2,1-4H3/b17-14-. The molecule has 156 valence electrons. The number of likely N-dealkylation sites (N-methyl/N-ethyl adjacent to an activating group) is 1. The first-order valence-electron chi connectivity index (χ1n) is 9.38. The highest BCUT2D eigenvalue weighted by atomic mass is 16.5. The first-order valence-corrected chi connectivity index (χ1v) is 9.38. The fourth-order valence-corrected chi connectivity index (χ4v) is 1.89. The summed E-state index contributed by atoms with van der Waals surface area (Å²) in [5, 5.41) is 5.79. The van der Waals surface area contributed by atoms with Crippen molar-refractivity contribution in [2.45, 2.75) is 34.1 Å². The largest absolute Gasteiger partial charge is 0.387 e. The van der Waals surface area contributed by atoms with Gasteiger partial charge >= 0.3 is 0 Å². The van der Waals surface area contributed by atoms with Crippen LogP contribution in [0.4, 0.5) is 0 Å². The molecule has 8 heteroatoms. The number of rotatable bonds is 18. The maximum absolute atomic E-state index is 11.6. The van der Waals surface area contributed by atoms with Crippen LogP contribution in [-0.2, 0) is 28.6 Å². The molecule has 0 aliphatic rings. The fourth-order valence-electron chi connectivity index (χ4n) is 1.89. The minimum absolute atomic E-state index is 0.0519. The third-order valence-electron chi connectivity index (χ3n) is 3.45. The molecule has 0 fully saturated rings. The molecule has 2 N–H and O–H groups in total. The summed E-state index contributed by atoms with van der Waals surface area (Å²) < 4.78 is 16.1. The van der Waals surface area contributed by atoms with E-state index < -0.39 is 11.6 Å². The molecule has 0 aliphatic carbocycles. The van der Waals surface area contributed by atoms with Crippen molar-refractivity contribution in [1.82, 2.24) is 10.6 Å². The zero-order valence-corrected chi connectivity index (χ0v) is 17.0. The van der Waals surface area contributed by atoms with Crippen LogP contribution in [0.5, 0.6) is 0 Å². The van der Waals surface area contributed by atoms with Crippen molar-refractivity contribution >= 4 is 17.3 Å². The van der Waals surface area contributed by atoms with Crippen LogP contribution in [0.3, 0.4) is 0 Å². The van der Waals surface area contributed by atoms with Gasteiger partial charge in [0.1, 0.15) is 11.5 Å². The van der Waals surface area contributed by atoms with E-state index in [0.717, 1.165) is 0 Å². The highest BCUT2D eigenvalue weighted by Crippen LogP contribution is 1.98. The van der Waals surface area contributed by atoms with Crippen molar-refractivity contribution in [3.8, 4) is 0 Å². The molecule has 0 saturated heterocycles. The van der Waals surface area contributed by atoms with Crippen LogP contribution < -0.4 is 10.6 Å². The van der Waals surface area contributed by atoms with Gasteiger partial charge in [-0.2, -0.15) is 0 Å². The number of hydrogen-bond acceptors (Lipinski definition) is 8. The molecule has 0 heterocycles. The summed E-state index contributed by atoms with van der Waals surface area (Å²) in [7, 11) is 0. The minimum atomic E-state index is -0.547. The SMILES string of the molecule is CCN/C(=C\NCCOCCOCCOCCC(=O)C(C)C)C(=O)C(C)=O. The van der Waals surface area contributed by atoms with E-state index in [0.29, 0.717) is 59.2 Å². The van der Waals surface area contributed by atoms with E-state index in [1.807, 2.05) is 20.8 Å². The lowest BCUT2D eigenvalue weighted by atomic mass is 10.1. The van der Waals surface area contributed by atoms with E-state index in [2.05, 4.69) is 10.6 Å². The molecular weight excluding hydrogens is 352 g/mol.